The third kappa shape index (κ3) is 3.14. The first-order valence-corrected chi connectivity index (χ1v) is 7.53. The maximum atomic E-state index is 11.3. The Balaban J connectivity index is 1.96. The average Bonchev–Trinajstić information content (AvgIpc) is 2.71. The molecule has 0 spiro atoms. The van der Waals surface area contributed by atoms with Gasteiger partial charge in [-0.25, -0.2) is 4.79 Å². The molecule has 1 fully saturated rings. The van der Waals surface area contributed by atoms with Crippen LogP contribution in [-0.4, -0.2) is 27.4 Å². The summed E-state index contributed by atoms with van der Waals surface area (Å²) in [5.41, 5.74) is 0.868. The number of rotatable bonds is 5. The Morgan fingerprint density at radius 1 is 1.35 bits per heavy atom. The highest BCUT2D eigenvalue weighted by atomic mass is 16.4. The minimum absolute atomic E-state index is 0.301. The molecular formula is C15H25N3O2. The lowest BCUT2D eigenvalue weighted by Gasteiger charge is -2.28. The SMILES string of the molecule is CCC1CCC(CNc2c(C(=O)O)c(C)nn2C)CC1. The first-order valence-electron chi connectivity index (χ1n) is 7.53. The van der Waals surface area contributed by atoms with Crippen molar-refractivity contribution < 1.29 is 9.90 Å². The highest BCUT2D eigenvalue weighted by Crippen LogP contribution is 2.31. The van der Waals surface area contributed by atoms with Gasteiger partial charge in [0.1, 0.15) is 11.4 Å². The summed E-state index contributed by atoms with van der Waals surface area (Å²) >= 11 is 0. The second-order valence-corrected chi connectivity index (χ2v) is 5.91. The molecule has 5 nitrogen and oxygen atoms in total. The number of carbonyl (C=O) groups is 1. The maximum absolute atomic E-state index is 11.3. The first-order chi connectivity index (χ1) is 9.52. The van der Waals surface area contributed by atoms with Crippen LogP contribution in [0.3, 0.4) is 0 Å². The lowest BCUT2D eigenvalue weighted by molar-refractivity contribution is 0.0697. The molecule has 0 radical (unpaired) electrons. The second-order valence-electron chi connectivity index (χ2n) is 5.91. The fourth-order valence-electron chi connectivity index (χ4n) is 3.20. The molecule has 1 aliphatic carbocycles. The number of aromatic carboxylic acids is 1. The number of aryl methyl sites for hydroxylation is 2. The normalized spacial score (nSPS) is 22.8. The van der Waals surface area contributed by atoms with E-state index in [1.807, 2.05) is 0 Å². The monoisotopic (exact) mass is 279 g/mol. The van der Waals surface area contributed by atoms with Crippen LogP contribution in [-0.2, 0) is 7.05 Å². The number of anilines is 1. The van der Waals surface area contributed by atoms with E-state index < -0.39 is 5.97 Å². The Labute approximate surface area is 120 Å². The molecule has 1 heterocycles. The van der Waals surface area contributed by atoms with Crippen LogP contribution in [0.15, 0.2) is 0 Å². The molecule has 1 saturated carbocycles. The molecule has 5 heteroatoms. The minimum atomic E-state index is -0.909. The molecular weight excluding hydrogens is 254 g/mol. The predicted octanol–water partition coefficient (Wildman–Crippen LogP) is 3.06. The molecule has 0 saturated heterocycles. The van der Waals surface area contributed by atoms with Crippen molar-refractivity contribution in [1.29, 1.82) is 0 Å². The number of carboxylic acid groups (broad SMARTS) is 1. The lowest BCUT2D eigenvalue weighted by atomic mass is 9.81. The van der Waals surface area contributed by atoms with Gasteiger partial charge in [0.25, 0.3) is 0 Å². The minimum Gasteiger partial charge on any atom is -0.477 e. The van der Waals surface area contributed by atoms with Crippen LogP contribution in [0.4, 0.5) is 5.82 Å². The number of carboxylic acids is 1. The molecule has 0 amide bonds. The fraction of sp³-hybridized carbons (Fsp3) is 0.733. The topological polar surface area (TPSA) is 67.2 Å². The summed E-state index contributed by atoms with van der Waals surface area (Å²) in [6.45, 7) is 4.84. The average molecular weight is 279 g/mol. The van der Waals surface area contributed by atoms with E-state index >= 15 is 0 Å². The van der Waals surface area contributed by atoms with E-state index in [0.29, 0.717) is 23.0 Å². The second kappa shape index (κ2) is 6.29. The van der Waals surface area contributed by atoms with Gasteiger partial charge in [-0.05, 0) is 31.6 Å². The molecule has 0 unspecified atom stereocenters. The van der Waals surface area contributed by atoms with Gasteiger partial charge in [-0.15, -0.1) is 0 Å². The van der Waals surface area contributed by atoms with Gasteiger partial charge in [0.05, 0.1) is 5.69 Å². The van der Waals surface area contributed by atoms with E-state index in [4.69, 9.17) is 0 Å². The van der Waals surface area contributed by atoms with E-state index in [1.165, 1.54) is 32.1 Å². The highest BCUT2D eigenvalue weighted by Gasteiger charge is 2.23. The van der Waals surface area contributed by atoms with E-state index in [1.54, 1.807) is 18.7 Å². The third-order valence-corrected chi connectivity index (χ3v) is 4.54. The summed E-state index contributed by atoms with van der Waals surface area (Å²) < 4.78 is 1.64. The Morgan fingerprint density at radius 3 is 2.50 bits per heavy atom. The van der Waals surface area contributed by atoms with Gasteiger partial charge in [-0.3, -0.25) is 4.68 Å². The summed E-state index contributed by atoms with van der Waals surface area (Å²) in [7, 11) is 1.79. The molecule has 2 rings (SSSR count). The Kier molecular flexibility index (Phi) is 4.68. The van der Waals surface area contributed by atoms with Crippen LogP contribution in [0.2, 0.25) is 0 Å². The van der Waals surface area contributed by atoms with Crippen LogP contribution >= 0.6 is 0 Å². The molecule has 112 valence electrons. The van der Waals surface area contributed by atoms with Crippen molar-refractivity contribution in [3.8, 4) is 0 Å². The molecule has 20 heavy (non-hydrogen) atoms. The number of aromatic nitrogens is 2. The van der Waals surface area contributed by atoms with Crippen LogP contribution in [0, 0.1) is 18.8 Å². The molecule has 2 N–H and O–H groups in total. The van der Waals surface area contributed by atoms with E-state index in [-0.39, 0.29) is 0 Å². The van der Waals surface area contributed by atoms with Gasteiger partial charge in [0.15, 0.2) is 0 Å². The van der Waals surface area contributed by atoms with Crippen molar-refractivity contribution in [2.45, 2.75) is 46.0 Å². The van der Waals surface area contributed by atoms with Crippen molar-refractivity contribution in [2.75, 3.05) is 11.9 Å². The molecule has 1 aromatic heterocycles. The highest BCUT2D eigenvalue weighted by molar-refractivity contribution is 5.94. The number of nitrogens with zero attached hydrogens (tertiary/aromatic N) is 2. The summed E-state index contributed by atoms with van der Waals surface area (Å²) in [4.78, 5) is 11.3. The molecule has 0 aromatic carbocycles. The zero-order valence-electron chi connectivity index (χ0n) is 12.6. The largest absolute Gasteiger partial charge is 0.477 e. The molecule has 0 aliphatic heterocycles. The first kappa shape index (κ1) is 14.9. The van der Waals surface area contributed by atoms with Crippen molar-refractivity contribution in [1.82, 2.24) is 9.78 Å². The van der Waals surface area contributed by atoms with Gasteiger partial charge in [0.2, 0.25) is 0 Å². The Bertz CT molecular complexity index is 474. The Hall–Kier alpha value is -1.52. The van der Waals surface area contributed by atoms with Crippen molar-refractivity contribution in [3.05, 3.63) is 11.3 Å². The third-order valence-electron chi connectivity index (χ3n) is 4.54. The van der Waals surface area contributed by atoms with Crippen LogP contribution in [0.5, 0.6) is 0 Å². The van der Waals surface area contributed by atoms with Crippen molar-refractivity contribution in [2.24, 2.45) is 18.9 Å². The maximum Gasteiger partial charge on any atom is 0.341 e. The molecule has 1 aliphatic rings. The van der Waals surface area contributed by atoms with E-state index in [9.17, 15) is 9.90 Å². The van der Waals surface area contributed by atoms with Crippen LogP contribution in [0.1, 0.15) is 55.1 Å². The summed E-state index contributed by atoms with van der Waals surface area (Å²) in [5, 5.41) is 16.8. The van der Waals surface area contributed by atoms with Crippen molar-refractivity contribution in [3.63, 3.8) is 0 Å². The summed E-state index contributed by atoms with van der Waals surface area (Å²) in [5.74, 6) is 1.26. The number of hydrogen-bond acceptors (Lipinski definition) is 3. The summed E-state index contributed by atoms with van der Waals surface area (Å²) in [6, 6.07) is 0. The molecule has 1 aromatic rings. The zero-order valence-corrected chi connectivity index (χ0v) is 12.6. The van der Waals surface area contributed by atoms with Gasteiger partial charge < -0.3 is 10.4 Å². The van der Waals surface area contributed by atoms with Crippen LogP contribution in [0.25, 0.3) is 0 Å². The number of hydrogen-bond donors (Lipinski definition) is 2. The molecule has 0 bridgehead atoms. The lowest BCUT2D eigenvalue weighted by Crippen LogP contribution is -2.22. The van der Waals surface area contributed by atoms with Crippen LogP contribution < -0.4 is 5.32 Å². The summed E-state index contributed by atoms with van der Waals surface area (Å²) in [6.07, 6.45) is 6.37. The smallest absolute Gasteiger partial charge is 0.341 e. The van der Waals surface area contributed by atoms with E-state index in [0.717, 1.165) is 12.5 Å². The zero-order chi connectivity index (χ0) is 14.7. The van der Waals surface area contributed by atoms with E-state index in [2.05, 4.69) is 17.3 Å². The predicted molar refractivity (Wildman–Crippen MR) is 79.1 cm³/mol. The Morgan fingerprint density at radius 2 is 1.95 bits per heavy atom. The number of nitrogens with one attached hydrogen (secondary N) is 1. The fourth-order valence-corrected chi connectivity index (χ4v) is 3.20. The molecule has 0 atom stereocenters. The van der Waals surface area contributed by atoms with Crippen molar-refractivity contribution >= 4 is 11.8 Å². The van der Waals surface area contributed by atoms with Gasteiger partial charge in [0, 0.05) is 13.6 Å². The van der Waals surface area contributed by atoms with Gasteiger partial charge in [-0.2, -0.15) is 5.10 Å². The van der Waals surface area contributed by atoms with Gasteiger partial charge in [-0.1, -0.05) is 26.2 Å². The quantitative estimate of drug-likeness (QED) is 0.869. The van der Waals surface area contributed by atoms with Gasteiger partial charge >= 0.3 is 5.97 Å². The standard InChI is InChI=1S/C15H25N3O2/c1-4-11-5-7-12(8-6-11)9-16-14-13(15(19)20)10(2)17-18(14)3/h11-12,16H,4-9H2,1-3H3,(H,19,20).